The van der Waals surface area contributed by atoms with Crippen LogP contribution in [0.15, 0.2) is 30.3 Å². The summed E-state index contributed by atoms with van der Waals surface area (Å²) in [6, 6.07) is 9.66. The van der Waals surface area contributed by atoms with Crippen molar-refractivity contribution in [1.82, 2.24) is 14.7 Å². The first kappa shape index (κ1) is 16.1. The molecule has 2 heterocycles. The number of hydrogen-bond donors (Lipinski definition) is 1. The van der Waals surface area contributed by atoms with Gasteiger partial charge in [0, 0.05) is 31.9 Å². The largest absolute Gasteiger partial charge is 0.386 e. The molecule has 1 amide bonds. The summed E-state index contributed by atoms with van der Waals surface area (Å²) in [4.78, 5) is 16.7. The molecule has 1 fully saturated rings. The number of carbonyl (C=O) groups excluding carboxylic acids is 1. The van der Waals surface area contributed by atoms with E-state index in [9.17, 15) is 9.90 Å². The van der Waals surface area contributed by atoms with E-state index in [1.54, 1.807) is 0 Å². The summed E-state index contributed by atoms with van der Waals surface area (Å²) >= 11 is 0. The van der Waals surface area contributed by atoms with Crippen molar-refractivity contribution in [2.45, 2.75) is 32.0 Å². The standard InChI is InChI=1S/C19H24N4O2/c1-21(2)15-5-3-4-14(10-15)19(25)22-8-9-23-16(12-22)11-17(20-23)18(24)13-6-7-13/h3-5,10-11,13,18,24H,6-9,12H2,1-2H3/t18-/m1/s1. The Hall–Kier alpha value is -2.34. The maximum Gasteiger partial charge on any atom is 0.254 e. The molecule has 0 spiro atoms. The highest BCUT2D eigenvalue weighted by molar-refractivity contribution is 5.95. The lowest BCUT2D eigenvalue weighted by Gasteiger charge is -2.28. The maximum atomic E-state index is 12.9. The second kappa shape index (κ2) is 6.19. The van der Waals surface area contributed by atoms with Gasteiger partial charge < -0.3 is 14.9 Å². The van der Waals surface area contributed by atoms with Crippen LogP contribution in [-0.2, 0) is 13.1 Å². The Morgan fingerprint density at radius 2 is 2.08 bits per heavy atom. The molecule has 0 bridgehead atoms. The van der Waals surface area contributed by atoms with Crippen molar-refractivity contribution in [2.75, 3.05) is 25.5 Å². The van der Waals surface area contributed by atoms with E-state index in [1.165, 1.54) is 0 Å². The average Bonchev–Trinajstić information content (AvgIpc) is 3.38. The first-order chi connectivity index (χ1) is 12.0. The molecule has 1 aromatic heterocycles. The summed E-state index contributed by atoms with van der Waals surface area (Å²) in [7, 11) is 3.94. The van der Waals surface area contributed by atoms with Crippen molar-refractivity contribution in [1.29, 1.82) is 0 Å². The molecule has 132 valence electrons. The van der Waals surface area contributed by atoms with Crippen LogP contribution in [0.2, 0.25) is 0 Å². The van der Waals surface area contributed by atoms with Gasteiger partial charge in [-0.3, -0.25) is 9.48 Å². The zero-order chi connectivity index (χ0) is 17.6. The minimum Gasteiger partial charge on any atom is -0.386 e. The number of aromatic nitrogens is 2. The number of aliphatic hydroxyl groups is 1. The van der Waals surface area contributed by atoms with Crippen molar-refractivity contribution in [3.8, 4) is 0 Å². The quantitative estimate of drug-likeness (QED) is 0.925. The van der Waals surface area contributed by atoms with Crippen LogP contribution < -0.4 is 4.90 Å². The molecule has 0 radical (unpaired) electrons. The van der Waals surface area contributed by atoms with Gasteiger partial charge in [-0.2, -0.15) is 5.10 Å². The van der Waals surface area contributed by atoms with Gasteiger partial charge in [0.1, 0.15) is 6.10 Å². The third-order valence-corrected chi connectivity index (χ3v) is 5.09. The lowest BCUT2D eigenvalue weighted by molar-refractivity contribution is 0.0705. The average molecular weight is 340 g/mol. The van der Waals surface area contributed by atoms with Crippen LogP contribution in [-0.4, -0.2) is 46.3 Å². The smallest absolute Gasteiger partial charge is 0.254 e. The Balaban J connectivity index is 1.51. The van der Waals surface area contributed by atoms with Crippen LogP contribution in [0.5, 0.6) is 0 Å². The number of aliphatic hydroxyl groups excluding tert-OH is 1. The van der Waals surface area contributed by atoms with Crippen LogP contribution in [0.25, 0.3) is 0 Å². The summed E-state index contributed by atoms with van der Waals surface area (Å²) in [5.41, 5.74) is 3.47. The van der Waals surface area contributed by atoms with Crippen LogP contribution in [0.4, 0.5) is 5.69 Å². The number of fused-ring (bicyclic) bond motifs is 1. The molecule has 6 nitrogen and oxygen atoms in total. The normalized spacial score (nSPS) is 18.0. The van der Waals surface area contributed by atoms with Crippen molar-refractivity contribution in [3.05, 3.63) is 47.3 Å². The predicted molar refractivity (Wildman–Crippen MR) is 95.4 cm³/mol. The minimum absolute atomic E-state index is 0.0421. The molecule has 0 saturated heterocycles. The number of benzene rings is 1. The van der Waals surface area contributed by atoms with Crippen LogP contribution in [0, 0.1) is 5.92 Å². The van der Waals surface area contributed by atoms with E-state index < -0.39 is 6.10 Å². The van der Waals surface area contributed by atoms with Crippen molar-refractivity contribution < 1.29 is 9.90 Å². The van der Waals surface area contributed by atoms with Gasteiger partial charge in [0.25, 0.3) is 5.91 Å². The summed E-state index contributed by atoms with van der Waals surface area (Å²) in [6.45, 7) is 1.85. The van der Waals surface area contributed by atoms with Gasteiger partial charge in [-0.1, -0.05) is 6.07 Å². The molecule has 6 heteroatoms. The van der Waals surface area contributed by atoms with E-state index in [2.05, 4.69) is 5.10 Å². The fourth-order valence-electron chi connectivity index (χ4n) is 3.36. The number of nitrogens with zero attached hydrogens (tertiary/aromatic N) is 4. The molecule has 1 aliphatic heterocycles. The Bertz CT molecular complexity index is 794. The maximum absolute atomic E-state index is 12.9. The van der Waals surface area contributed by atoms with Crippen molar-refractivity contribution in [3.63, 3.8) is 0 Å². The second-order valence-corrected chi connectivity index (χ2v) is 7.24. The van der Waals surface area contributed by atoms with Gasteiger partial charge in [-0.15, -0.1) is 0 Å². The minimum atomic E-state index is -0.459. The molecule has 0 unspecified atom stereocenters. The highest BCUT2D eigenvalue weighted by Gasteiger charge is 2.33. The lowest BCUT2D eigenvalue weighted by atomic mass is 10.1. The Morgan fingerprint density at radius 1 is 1.28 bits per heavy atom. The van der Waals surface area contributed by atoms with E-state index >= 15 is 0 Å². The zero-order valence-electron chi connectivity index (χ0n) is 14.7. The molecule has 1 aromatic carbocycles. The number of hydrogen-bond acceptors (Lipinski definition) is 4. The molecule has 2 aromatic rings. The SMILES string of the molecule is CN(C)c1cccc(C(=O)N2CCn3nc([C@H](O)C4CC4)cc3C2)c1. The molecule has 1 atom stereocenters. The summed E-state index contributed by atoms with van der Waals surface area (Å²) in [5.74, 6) is 0.406. The van der Waals surface area contributed by atoms with Gasteiger partial charge in [0.15, 0.2) is 0 Å². The summed E-state index contributed by atoms with van der Waals surface area (Å²) < 4.78 is 1.93. The zero-order valence-corrected chi connectivity index (χ0v) is 14.7. The van der Waals surface area contributed by atoms with Crippen LogP contribution in [0.1, 0.15) is 40.7 Å². The van der Waals surface area contributed by atoms with Gasteiger partial charge in [-0.25, -0.2) is 0 Å². The predicted octanol–water partition coefficient (Wildman–Crippen LogP) is 2.05. The van der Waals surface area contributed by atoms with E-state index in [1.807, 2.05) is 58.9 Å². The van der Waals surface area contributed by atoms with Crippen molar-refractivity contribution >= 4 is 11.6 Å². The molecule has 4 rings (SSSR count). The van der Waals surface area contributed by atoms with Gasteiger partial charge in [0.05, 0.1) is 24.5 Å². The van der Waals surface area contributed by atoms with E-state index in [0.29, 0.717) is 31.1 Å². The molecule has 25 heavy (non-hydrogen) atoms. The molecular weight excluding hydrogens is 316 g/mol. The summed E-state index contributed by atoms with van der Waals surface area (Å²) in [6.07, 6.45) is 1.70. The van der Waals surface area contributed by atoms with Gasteiger partial charge in [-0.05, 0) is 43.0 Å². The van der Waals surface area contributed by atoms with E-state index in [4.69, 9.17) is 0 Å². The first-order valence-corrected chi connectivity index (χ1v) is 8.84. The van der Waals surface area contributed by atoms with Gasteiger partial charge in [0.2, 0.25) is 0 Å². The van der Waals surface area contributed by atoms with Crippen molar-refractivity contribution in [2.24, 2.45) is 5.92 Å². The second-order valence-electron chi connectivity index (χ2n) is 7.24. The fourth-order valence-corrected chi connectivity index (χ4v) is 3.36. The molecular formula is C19H24N4O2. The Morgan fingerprint density at radius 3 is 2.80 bits per heavy atom. The highest BCUT2D eigenvalue weighted by Crippen LogP contribution is 2.40. The number of carbonyl (C=O) groups is 1. The Kier molecular flexibility index (Phi) is 4.00. The lowest BCUT2D eigenvalue weighted by Crippen LogP contribution is -2.38. The molecule has 1 saturated carbocycles. The summed E-state index contributed by atoms with van der Waals surface area (Å²) in [5, 5.41) is 14.8. The number of rotatable bonds is 4. The third kappa shape index (κ3) is 3.14. The highest BCUT2D eigenvalue weighted by atomic mass is 16.3. The molecule has 2 aliphatic rings. The topological polar surface area (TPSA) is 61.6 Å². The fraction of sp³-hybridized carbons (Fsp3) is 0.474. The van der Waals surface area contributed by atoms with Crippen LogP contribution in [0.3, 0.4) is 0 Å². The van der Waals surface area contributed by atoms with E-state index in [0.717, 1.165) is 29.9 Å². The molecule has 1 aliphatic carbocycles. The monoisotopic (exact) mass is 340 g/mol. The Labute approximate surface area is 147 Å². The van der Waals surface area contributed by atoms with E-state index in [-0.39, 0.29) is 5.91 Å². The number of amides is 1. The van der Waals surface area contributed by atoms with Gasteiger partial charge >= 0.3 is 0 Å². The number of anilines is 1. The molecule has 1 N–H and O–H groups in total. The van der Waals surface area contributed by atoms with Crippen LogP contribution >= 0.6 is 0 Å². The third-order valence-electron chi connectivity index (χ3n) is 5.09. The first-order valence-electron chi connectivity index (χ1n) is 8.84.